The summed E-state index contributed by atoms with van der Waals surface area (Å²) in [6, 6.07) is 26.5. The molecule has 1 atom stereocenters. The molecule has 4 aromatic carbocycles. The Morgan fingerprint density at radius 2 is 1.50 bits per heavy atom. The number of benzene rings is 4. The molecule has 242 valence electrons. The maximum absolute atomic E-state index is 13.8. The first-order valence-electron chi connectivity index (χ1n) is 14.9. The number of nitrogens with one attached hydrogen (secondary N) is 2. The van der Waals surface area contributed by atoms with Crippen LogP contribution in [0, 0.1) is 5.82 Å². The molecule has 4 aromatic rings. The fourth-order valence-corrected chi connectivity index (χ4v) is 5.72. The van der Waals surface area contributed by atoms with Gasteiger partial charge < -0.3 is 19.7 Å². The van der Waals surface area contributed by atoms with Gasteiger partial charge in [0, 0.05) is 25.2 Å². The molecule has 11 heteroatoms. The zero-order chi connectivity index (χ0) is 32.9. The van der Waals surface area contributed by atoms with E-state index in [4.69, 9.17) is 9.47 Å². The van der Waals surface area contributed by atoms with Crippen LogP contribution >= 0.6 is 0 Å². The van der Waals surface area contributed by atoms with Crippen molar-refractivity contribution < 1.29 is 31.9 Å². The van der Waals surface area contributed by atoms with Crippen molar-refractivity contribution in [2.24, 2.45) is 0 Å². The van der Waals surface area contributed by atoms with Gasteiger partial charge in [0.25, 0.3) is 15.9 Å². The van der Waals surface area contributed by atoms with Crippen molar-refractivity contribution in [3.8, 4) is 11.5 Å². The Morgan fingerprint density at radius 3 is 2.13 bits per heavy atom. The Labute approximate surface area is 269 Å². The molecular formula is C35H38FN3O6S. The summed E-state index contributed by atoms with van der Waals surface area (Å²) in [5.41, 5.74) is 1.92. The molecule has 0 aliphatic carbocycles. The molecule has 46 heavy (non-hydrogen) atoms. The van der Waals surface area contributed by atoms with E-state index in [1.165, 1.54) is 41.3 Å². The Kier molecular flexibility index (Phi) is 12.1. The van der Waals surface area contributed by atoms with Gasteiger partial charge in [0.1, 0.15) is 23.4 Å². The molecule has 0 fully saturated rings. The minimum atomic E-state index is -3.94. The molecule has 0 aliphatic heterocycles. The van der Waals surface area contributed by atoms with E-state index < -0.39 is 27.8 Å². The van der Waals surface area contributed by atoms with Crippen LogP contribution < -0.4 is 19.5 Å². The predicted molar refractivity (Wildman–Crippen MR) is 175 cm³/mol. The van der Waals surface area contributed by atoms with Gasteiger partial charge in [-0.2, -0.15) is 0 Å². The van der Waals surface area contributed by atoms with E-state index in [0.717, 1.165) is 36.1 Å². The third-order valence-corrected chi connectivity index (χ3v) is 8.60. The van der Waals surface area contributed by atoms with Crippen LogP contribution in [0.15, 0.2) is 108 Å². The lowest BCUT2D eigenvalue weighted by Crippen LogP contribution is -2.51. The van der Waals surface area contributed by atoms with E-state index in [0.29, 0.717) is 18.7 Å². The van der Waals surface area contributed by atoms with Gasteiger partial charge in [-0.25, -0.2) is 12.8 Å². The summed E-state index contributed by atoms with van der Waals surface area (Å²) >= 11 is 0. The van der Waals surface area contributed by atoms with Gasteiger partial charge in [-0.1, -0.05) is 55.8 Å². The van der Waals surface area contributed by atoms with Crippen LogP contribution in [0.2, 0.25) is 0 Å². The van der Waals surface area contributed by atoms with Gasteiger partial charge in [-0.05, 0) is 78.2 Å². The number of anilines is 1. The summed E-state index contributed by atoms with van der Waals surface area (Å²) in [6.45, 7) is 2.29. The summed E-state index contributed by atoms with van der Waals surface area (Å²) in [5.74, 6) is -0.226. The first kappa shape index (κ1) is 34.0. The van der Waals surface area contributed by atoms with Gasteiger partial charge in [0.15, 0.2) is 6.61 Å². The number of methoxy groups -OCH3 is 1. The third-order valence-electron chi connectivity index (χ3n) is 7.21. The Bertz CT molecular complexity index is 1670. The quantitative estimate of drug-likeness (QED) is 0.154. The first-order valence-corrected chi connectivity index (χ1v) is 16.4. The predicted octanol–water partition coefficient (Wildman–Crippen LogP) is 5.57. The number of nitrogens with zero attached hydrogens (tertiary/aromatic N) is 1. The number of sulfonamides is 1. The Morgan fingerprint density at radius 1 is 0.848 bits per heavy atom. The summed E-state index contributed by atoms with van der Waals surface area (Å²) in [6.07, 6.45) is 2.02. The normalized spacial score (nSPS) is 11.7. The molecule has 9 nitrogen and oxygen atoms in total. The molecule has 0 spiro atoms. The highest BCUT2D eigenvalue weighted by Gasteiger charge is 2.30. The van der Waals surface area contributed by atoms with Crippen molar-refractivity contribution in [2.75, 3.05) is 25.0 Å². The monoisotopic (exact) mass is 647 g/mol. The van der Waals surface area contributed by atoms with Gasteiger partial charge in [-0.15, -0.1) is 0 Å². The number of carbonyl (C=O) groups excluding carboxylic acids is 2. The van der Waals surface area contributed by atoms with Crippen LogP contribution in [0.1, 0.15) is 30.9 Å². The average molecular weight is 648 g/mol. The van der Waals surface area contributed by atoms with Crippen LogP contribution in [-0.2, 0) is 32.6 Å². The summed E-state index contributed by atoms with van der Waals surface area (Å²) in [4.78, 5) is 28.9. The highest BCUT2D eigenvalue weighted by molar-refractivity contribution is 7.92. The zero-order valence-corrected chi connectivity index (χ0v) is 26.6. The fourth-order valence-electron chi connectivity index (χ4n) is 4.66. The topological polar surface area (TPSA) is 114 Å². The van der Waals surface area contributed by atoms with Gasteiger partial charge in [0.05, 0.1) is 12.0 Å². The summed E-state index contributed by atoms with van der Waals surface area (Å²) < 4.78 is 52.3. The largest absolute Gasteiger partial charge is 0.497 e. The van der Waals surface area contributed by atoms with E-state index in [1.807, 2.05) is 49.4 Å². The minimum absolute atomic E-state index is 0.0386. The van der Waals surface area contributed by atoms with Crippen molar-refractivity contribution in [3.05, 3.63) is 120 Å². The third kappa shape index (κ3) is 9.80. The smallest absolute Gasteiger partial charge is 0.261 e. The summed E-state index contributed by atoms with van der Waals surface area (Å²) in [7, 11) is -2.37. The van der Waals surface area contributed by atoms with E-state index in [9.17, 15) is 22.4 Å². The van der Waals surface area contributed by atoms with Crippen LogP contribution in [0.4, 0.5) is 10.1 Å². The fraction of sp³-hybridized carbons (Fsp3) is 0.257. The number of ether oxygens (including phenoxy) is 2. The molecular weight excluding hydrogens is 609 g/mol. The highest BCUT2D eigenvalue weighted by atomic mass is 32.2. The van der Waals surface area contributed by atoms with Crippen LogP contribution in [0.25, 0.3) is 0 Å². The molecule has 0 saturated heterocycles. The van der Waals surface area contributed by atoms with Crippen molar-refractivity contribution in [2.45, 2.75) is 43.7 Å². The zero-order valence-electron chi connectivity index (χ0n) is 25.8. The molecule has 0 radical (unpaired) electrons. The van der Waals surface area contributed by atoms with Crippen LogP contribution in [0.3, 0.4) is 0 Å². The SMILES string of the molecule is CCCCNC(=O)[C@@H](Cc1ccccc1)N(Cc1ccc(OC)cc1)C(=O)COc1ccc(S(=O)(=O)Nc2ccc(F)cc2)cc1. The van der Waals surface area contributed by atoms with Crippen molar-refractivity contribution in [3.63, 3.8) is 0 Å². The Balaban J connectivity index is 1.53. The molecule has 0 aliphatic rings. The molecule has 0 unspecified atom stereocenters. The van der Waals surface area contributed by atoms with Crippen molar-refractivity contribution >= 4 is 27.5 Å². The maximum Gasteiger partial charge on any atom is 0.261 e. The highest BCUT2D eigenvalue weighted by Crippen LogP contribution is 2.21. The van der Waals surface area contributed by atoms with Crippen LogP contribution in [-0.4, -0.2) is 51.4 Å². The molecule has 0 bridgehead atoms. The molecule has 0 saturated carbocycles. The lowest BCUT2D eigenvalue weighted by atomic mass is 10.0. The molecule has 2 amide bonds. The number of amides is 2. The number of halogens is 1. The Hall–Kier alpha value is -4.90. The van der Waals surface area contributed by atoms with Gasteiger partial charge >= 0.3 is 0 Å². The average Bonchev–Trinajstić information content (AvgIpc) is 3.07. The molecule has 2 N–H and O–H groups in total. The van der Waals surface area contributed by atoms with Crippen molar-refractivity contribution in [1.29, 1.82) is 0 Å². The van der Waals surface area contributed by atoms with E-state index in [-0.39, 0.29) is 35.4 Å². The first-order chi connectivity index (χ1) is 22.2. The van der Waals surface area contributed by atoms with E-state index >= 15 is 0 Å². The molecule has 0 heterocycles. The number of unbranched alkanes of at least 4 members (excludes halogenated alkanes) is 1. The second-order valence-electron chi connectivity index (χ2n) is 10.6. The van der Waals surface area contributed by atoms with Crippen LogP contribution in [0.5, 0.6) is 11.5 Å². The lowest BCUT2D eigenvalue weighted by Gasteiger charge is -2.31. The number of carbonyl (C=O) groups is 2. The van der Waals surface area contributed by atoms with E-state index in [2.05, 4.69) is 10.0 Å². The second-order valence-corrected chi connectivity index (χ2v) is 12.3. The second kappa shape index (κ2) is 16.4. The van der Waals surface area contributed by atoms with Gasteiger partial charge in [-0.3, -0.25) is 14.3 Å². The minimum Gasteiger partial charge on any atom is -0.497 e. The number of hydrogen-bond donors (Lipinski definition) is 2. The van der Waals surface area contributed by atoms with Gasteiger partial charge in [0.2, 0.25) is 5.91 Å². The number of hydrogen-bond acceptors (Lipinski definition) is 6. The molecule has 0 aromatic heterocycles. The maximum atomic E-state index is 13.8. The number of rotatable bonds is 16. The standard InChI is InChI=1S/C35H38FN3O6S/c1-3-4-22-37-35(41)33(23-26-8-6-5-7-9-26)39(24-27-10-16-30(44-2)17-11-27)34(40)25-45-31-18-20-32(21-19-31)46(42,43)38-29-14-12-28(36)13-15-29/h5-21,33,38H,3-4,22-25H2,1-2H3,(H,37,41)/t33-/m1/s1. The summed E-state index contributed by atoms with van der Waals surface area (Å²) in [5, 5.41) is 2.98. The van der Waals surface area contributed by atoms with E-state index in [1.54, 1.807) is 19.2 Å². The lowest BCUT2D eigenvalue weighted by molar-refractivity contribution is -0.142. The molecule has 4 rings (SSSR count). The van der Waals surface area contributed by atoms with Crippen molar-refractivity contribution in [1.82, 2.24) is 10.2 Å².